The number of amides is 1. The first-order chi connectivity index (χ1) is 6.00. The van der Waals surface area contributed by atoms with Crippen molar-refractivity contribution in [2.45, 2.75) is 13.5 Å². The molecule has 0 atom stereocenters. The van der Waals surface area contributed by atoms with E-state index in [-0.39, 0.29) is 12.0 Å². The van der Waals surface area contributed by atoms with E-state index in [1.54, 1.807) is 23.9 Å². The Morgan fingerprint density at radius 1 is 1.62 bits per heavy atom. The average Bonchev–Trinajstić information content (AvgIpc) is 1.98. The Bertz CT molecular complexity index is 371. The van der Waals surface area contributed by atoms with Crippen LogP contribution in [0, 0.1) is 6.92 Å². The van der Waals surface area contributed by atoms with Crippen molar-refractivity contribution in [1.82, 2.24) is 4.57 Å². The van der Waals surface area contributed by atoms with Gasteiger partial charge in [-0.3, -0.25) is 9.59 Å². The summed E-state index contributed by atoms with van der Waals surface area (Å²) in [6.07, 6.45) is 3.14. The van der Waals surface area contributed by atoms with Crippen molar-refractivity contribution in [3.63, 3.8) is 0 Å². The molecule has 1 aromatic heterocycles. The minimum Gasteiger partial charge on any atom is -0.368 e. The van der Waals surface area contributed by atoms with Gasteiger partial charge >= 0.3 is 0 Å². The number of pyridine rings is 1. The molecule has 1 heterocycles. The van der Waals surface area contributed by atoms with Gasteiger partial charge in [0.1, 0.15) is 6.54 Å². The highest BCUT2D eigenvalue weighted by molar-refractivity contribution is 9.10. The van der Waals surface area contributed by atoms with Gasteiger partial charge in [0.25, 0.3) is 0 Å². The van der Waals surface area contributed by atoms with Gasteiger partial charge < -0.3 is 10.3 Å². The molecule has 0 bridgehead atoms. The van der Waals surface area contributed by atoms with E-state index in [0.29, 0.717) is 10.0 Å². The molecule has 4 nitrogen and oxygen atoms in total. The largest absolute Gasteiger partial charge is 0.368 e. The normalized spacial score (nSPS) is 10.0. The third-order valence-corrected chi connectivity index (χ3v) is 2.12. The summed E-state index contributed by atoms with van der Waals surface area (Å²) >= 11 is 3.10. The first-order valence-electron chi connectivity index (χ1n) is 3.65. The summed E-state index contributed by atoms with van der Waals surface area (Å²) in [5, 5.41) is 0. The monoisotopic (exact) mass is 244 g/mol. The van der Waals surface area contributed by atoms with Gasteiger partial charge in [-0.25, -0.2) is 0 Å². The highest BCUT2D eigenvalue weighted by Crippen LogP contribution is 2.03. The number of nitrogens with two attached hydrogens (primary N) is 1. The van der Waals surface area contributed by atoms with Gasteiger partial charge in [-0.05, 0) is 22.9 Å². The Labute approximate surface area is 83.5 Å². The molecule has 0 spiro atoms. The van der Waals surface area contributed by atoms with Crippen LogP contribution in [-0.4, -0.2) is 10.5 Å². The van der Waals surface area contributed by atoms with Crippen molar-refractivity contribution in [2.75, 3.05) is 0 Å². The summed E-state index contributed by atoms with van der Waals surface area (Å²) in [6, 6.07) is 0. The maximum atomic E-state index is 11.2. The molecule has 1 amide bonds. The second-order valence-electron chi connectivity index (χ2n) is 2.76. The van der Waals surface area contributed by atoms with Crippen LogP contribution in [0.1, 0.15) is 5.56 Å². The van der Waals surface area contributed by atoms with Gasteiger partial charge in [0.15, 0.2) is 5.43 Å². The van der Waals surface area contributed by atoms with Crippen LogP contribution in [0.2, 0.25) is 0 Å². The molecule has 13 heavy (non-hydrogen) atoms. The van der Waals surface area contributed by atoms with Gasteiger partial charge in [-0.2, -0.15) is 0 Å². The topological polar surface area (TPSA) is 65.1 Å². The fourth-order valence-electron chi connectivity index (χ4n) is 1.01. The Kier molecular flexibility index (Phi) is 2.87. The van der Waals surface area contributed by atoms with Gasteiger partial charge in [0, 0.05) is 18.0 Å². The Hall–Kier alpha value is -1.10. The molecule has 0 unspecified atom stereocenters. The Morgan fingerprint density at radius 2 is 2.23 bits per heavy atom. The summed E-state index contributed by atoms with van der Waals surface area (Å²) in [4.78, 5) is 21.8. The van der Waals surface area contributed by atoms with Crippen LogP contribution in [0.15, 0.2) is 21.7 Å². The first kappa shape index (κ1) is 9.98. The lowest BCUT2D eigenvalue weighted by molar-refractivity contribution is -0.118. The number of nitrogens with zero attached hydrogens (tertiary/aromatic N) is 1. The van der Waals surface area contributed by atoms with Gasteiger partial charge in [0.05, 0.1) is 4.47 Å². The van der Waals surface area contributed by atoms with E-state index in [4.69, 9.17) is 5.73 Å². The lowest BCUT2D eigenvalue weighted by Crippen LogP contribution is -2.20. The molecule has 1 rings (SSSR count). The number of hydrogen-bond acceptors (Lipinski definition) is 2. The van der Waals surface area contributed by atoms with E-state index in [1.165, 1.54) is 0 Å². The minimum absolute atomic E-state index is 0.0688. The summed E-state index contributed by atoms with van der Waals surface area (Å²) in [6.45, 7) is 1.77. The quantitative estimate of drug-likeness (QED) is 0.819. The molecule has 0 fully saturated rings. The molecule has 5 heteroatoms. The van der Waals surface area contributed by atoms with Crippen LogP contribution in [0.3, 0.4) is 0 Å². The van der Waals surface area contributed by atoms with Crippen LogP contribution in [0.5, 0.6) is 0 Å². The zero-order valence-electron chi connectivity index (χ0n) is 7.08. The number of primary amides is 1. The van der Waals surface area contributed by atoms with E-state index in [0.717, 1.165) is 0 Å². The van der Waals surface area contributed by atoms with Crippen LogP contribution in [0.25, 0.3) is 0 Å². The predicted molar refractivity (Wildman–Crippen MR) is 52.3 cm³/mol. The summed E-state index contributed by atoms with van der Waals surface area (Å²) in [5.41, 5.74) is 5.52. The lowest BCUT2D eigenvalue weighted by atomic mass is 10.3. The van der Waals surface area contributed by atoms with Gasteiger partial charge in [0.2, 0.25) is 5.91 Å². The van der Waals surface area contributed by atoms with Crippen molar-refractivity contribution in [3.8, 4) is 0 Å². The average molecular weight is 245 g/mol. The molecule has 70 valence electrons. The number of carbonyl (C=O) groups excluding carboxylic acids is 1. The Balaban J connectivity index is 3.13. The highest BCUT2D eigenvalue weighted by Gasteiger charge is 2.02. The standard InChI is InChI=1S/C8H9BrN2O2/c1-5-2-11(4-7(10)12)3-6(9)8(5)13/h2-3H,4H2,1H3,(H2,10,12). The van der Waals surface area contributed by atoms with E-state index < -0.39 is 5.91 Å². The van der Waals surface area contributed by atoms with Crippen molar-refractivity contribution in [1.29, 1.82) is 0 Å². The molecule has 0 aliphatic heterocycles. The van der Waals surface area contributed by atoms with Gasteiger partial charge in [-0.1, -0.05) is 0 Å². The van der Waals surface area contributed by atoms with Crippen LogP contribution in [0.4, 0.5) is 0 Å². The molecule has 0 aromatic carbocycles. The number of aromatic nitrogens is 1. The van der Waals surface area contributed by atoms with Crippen LogP contribution < -0.4 is 11.2 Å². The zero-order valence-corrected chi connectivity index (χ0v) is 8.67. The number of carbonyl (C=O) groups is 1. The molecule has 0 saturated heterocycles. The highest BCUT2D eigenvalue weighted by atomic mass is 79.9. The number of halogens is 1. The molecule has 1 aromatic rings. The predicted octanol–water partition coefficient (Wildman–Crippen LogP) is 0.405. The van der Waals surface area contributed by atoms with Gasteiger partial charge in [-0.15, -0.1) is 0 Å². The summed E-state index contributed by atoms with van der Waals surface area (Å²) < 4.78 is 2.01. The van der Waals surface area contributed by atoms with E-state index in [9.17, 15) is 9.59 Å². The number of aryl methyl sites for hydroxylation is 1. The van der Waals surface area contributed by atoms with Crippen molar-refractivity contribution < 1.29 is 4.79 Å². The maximum Gasteiger partial charge on any atom is 0.237 e. The first-order valence-corrected chi connectivity index (χ1v) is 4.44. The molecule has 0 radical (unpaired) electrons. The van der Waals surface area contributed by atoms with E-state index >= 15 is 0 Å². The van der Waals surface area contributed by atoms with E-state index in [1.807, 2.05) is 0 Å². The van der Waals surface area contributed by atoms with Crippen molar-refractivity contribution >= 4 is 21.8 Å². The Morgan fingerprint density at radius 3 is 2.69 bits per heavy atom. The second-order valence-corrected chi connectivity index (χ2v) is 3.61. The SMILES string of the molecule is Cc1cn(CC(N)=O)cc(Br)c1=O. The van der Waals surface area contributed by atoms with Crippen LogP contribution >= 0.6 is 15.9 Å². The fraction of sp³-hybridized carbons (Fsp3) is 0.250. The molecular formula is C8H9BrN2O2. The fourth-order valence-corrected chi connectivity index (χ4v) is 1.58. The second kappa shape index (κ2) is 3.74. The summed E-state index contributed by atoms with van der Waals surface area (Å²) in [7, 11) is 0. The number of hydrogen-bond donors (Lipinski definition) is 1. The zero-order chi connectivity index (χ0) is 10.0. The third-order valence-electron chi connectivity index (χ3n) is 1.55. The molecule has 2 N–H and O–H groups in total. The lowest BCUT2D eigenvalue weighted by Gasteiger charge is -2.04. The maximum absolute atomic E-state index is 11.2. The smallest absolute Gasteiger partial charge is 0.237 e. The van der Waals surface area contributed by atoms with Crippen LogP contribution in [-0.2, 0) is 11.3 Å². The minimum atomic E-state index is -0.435. The molecular weight excluding hydrogens is 236 g/mol. The molecule has 0 saturated carbocycles. The number of rotatable bonds is 2. The molecule has 0 aliphatic carbocycles. The van der Waals surface area contributed by atoms with E-state index in [2.05, 4.69) is 15.9 Å². The van der Waals surface area contributed by atoms with Crippen molar-refractivity contribution in [3.05, 3.63) is 32.7 Å². The van der Waals surface area contributed by atoms with Crippen molar-refractivity contribution in [2.24, 2.45) is 5.73 Å². The third kappa shape index (κ3) is 2.42. The molecule has 0 aliphatic rings. The summed E-state index contributed by atoms with van der Waals surface area (Å²) in [5.74, 6) is -0.435.